The van der Waals surface area contributed by atoms with Gasteiger partial charge in [-0.3, -0.25) is 4.57 Å². The van der Waals surface area contributed by atoms with E-state index in [0.29, 0.717) is 0 Å². The van der Waals surface area contributed by atoms with Gasteiger partial charge in [0, 0.05) is 0 Å². The number of anilines is 1. The van der Waals surface area contributed by atoms with E-state index in [1.54, 1.807) is 6.07 Å². The summed E-state index contributed by atoms with van der Waals surface area (Å²) in [4.78, 5) is 3.75. The zero-order valence-corrected chi connectivity index (χ0v) is 8.74. The van der Waals surface area contributed by atoms with Crippen molar-refractivity contribution in [2.24, 2.45) is 0 Å². The van der Waals surface area contributed by atoms with Crippen LogP contribution in [0.15, 0.2) is 24.5 Å². The molecule has 0 saturated heterocycles. The number of benzene rings is 1. The van der Waals surface area contributed by atoms with Crippen molar-refractivity contribution in [1.29, 1.82) is 5.26 Å². The maximum atomic E-state index is 13.7. The van der Waals surface area contributed by atoms with E-state index < -0.39 is 5.82 Å². The Balaban J connectivity index is 2.64. The van der Waals surface area contributed by atoms with Crippen LogP contribution in [0.1, 0.15) is 5.69 Å². The van der Waals surface area contributed by atoms with Crippen LogP contribution in [0.3, 0.4) is 0 Å². The minimum absolute atomic E-state index is 0.0101. The zero-order valence-electron chi connectivity index (χ0n) is 7.98. The average molecular weight is 237 g/mol. The first-order chi connectivity index (χ1) is 7.65. The zero-order chi connectivity index (χ0) is 11.7. The predicted octanol–water partition coefficient (Wildman–Crippen LogP) is 2.12. The summed E-state index contributed by atoms with van der Waals surface area (Å²) in [5.74, 6) is -0.513. The molecule has 0 radical (unpaired) electrons. The second-order valence-electron chi connectivity index (χ2n) is 3.03. The molecule has 0 aliphatic rings. The summed E-state index contributed by atoms with van der Waals surface area (Å²) in [5.41, 5.74) is 5.85. The van der Waals surface area contributed by atoms with Gasteiger partial charge in [0.1, 0.15) is 18.2 Å². The van der Waals surface area contributed by atoms with Gasteiger partial charge in [0.05, 0.1) is 10.7 Å². The van der Waals surface area contributed by atoms with Crippen LogP contribution in [0, 0.1) is 17.1 Å². The SMILES string of the molecule is N#Cc1ncn(-c2cccc(Cl)c2F)c1N. The second-order valence-corrected chi connectivity index (χ2v) is 3.44. The van der Waals surface area contributed by atoms with E-state index in [2.05, 4.69) is 4.98 Å². The number of hydrogen-bond donors (Lipinski definition) is 1. The number of imidazole rings is 1. The summed E-state index contributed by atoms with van der Waals surface area (Å²) in [6, 6.07) is 6.33. The van der Waals surface area contributed by atoms with Gasteiger partial charge in [-0.1, -0.05) is 17.7 Å². The Bertz CT molecular complexity index is 585. The number of nitrogens with zero attached hydrogens (tertiary/aromatic N) is 3. The molecule has 80 valence electrons. The molecule has 0 amide bonds. The molecule has 1 aromatic heterocycles. The molecular formula is C10H6ClFN4. The number of nitriles is 1. The standard InChI is InChI=1S/C10H6ClFN4/c11-6-2-1-3-8(9(6)12)16-5-15-7(4-13)10(16)14/h1-3,5H,14H2. The first kappa shape index (κ1) is 10.5. The van der Waals surface area contributed by atoms with Gasteiger partial charge in [0.2, 0.25) is 0 Å². The molecule has 6 heteroatoms. The van der Waals surface area contributed by atoms with Gasteiger partial charge in [-0.25, -0.2) is 9.37 Å². The van der Waals surface area contributed by atoms with Crippen LogP contribution in [-0.4, -0.2) is 9.55 Å². The molecule has 0 spiro atoms. The van der Waals surface area contributed by atoms with Gasteiger partial charge >= 0.3 is 0 Å². The molecule has 0 bridgehead atoms. The lowest BCUT2D eigenvalue weighted by atomic mass is 10.3. The normalized spacial score (nSPS) is 10.1. The number of hydrogen-bond acceptors (Lipinski definition) is 3. The van der Waals surface area contributed by atoms with Crippen molar-refractivity contribution in [2.45, 2.75) is 0 Å². The molecule has 4 nitrogen and oxygen atoms in total. The van der Waals surface area contributed by atoms with Crippen molar-refractivity contribution in [3.8, 4) is 11.8 Å². The fourth-order valence-electron chi connectivity index (χ4n) is 1.31. The summed E-state index contributed by atoms with van der Waals surface area (Å²) < 4.78 is 14.9. The summed E-state index contributed by atoms with van der Waals surface area (Å²) in [5, 5.41) is 8.67. The molecule has 0 saturated carbocycles. The van der Waals surface area contributed by atoms with Gasteiger partial charge in [-0.2, -0.15) is 5.26 Å². The van der Waals surface area contributed by atoms with Crippen LogP contribution in [0.4, 0.5) is 10.2 Å². The van der Waals surface area contributed by atoms with Crippen LogP contribution >= 0.6 is 11.6 Å². The highest BCUT2D eigenvalue weighted by Crippen LogP contribution is 2.24. The van der Waals surface area contributed by atoms with E-state index in [4.69, 9.17) is 22.6 Å². The molecule has 0 unspecified atom stereocenters. The minimum atomic E-state index is -0.599. The number of nitrogen functional groups attached to an aromatic ring is 1. The third-order valence-corrected chi connectivity index (χ3v) is 2.39. The Kier molecular flexibility index (Phi) is 2.50. The lowest BCUT2D eigenvalue weighted by Gasteiger charge is -2.06. The third-order valence-electron chi connectivity index (χ3n) is 2.10. The summed E-state index contributed by atoms with van der Waals surface area (Å²) in [6.45, 7) is 0. The van der Waals surface area contributed by atoms with Crippen molar-refractivity contribution in [2.75, 3.05) is 5.73 Å². The first-order valence-electron chi connectivity index (χ1n) is 4.32. The van der Waals surface area contributed by atoms with Gasteiger partial charge < -0.3 is 5.73 Å². The minimum Gasteiger partial charge on any atom is -0.382 e. The summed E-state index contributed by atoms with van der Waals surface area (Å²) in [7, 11) is 0. The molecule has 2 aromatic rings. The van der Waals surface area contributed by atoms with Gasteiger partial charge in [-0.05, 0) is 12.1 Å². The van der Waals surface area contributed by atoms with Gasteiger partial charge in [0.25, 0.3) is 0 Å². The lowest BCUT2D eigenvalue weighted by Crippen LogP contribution is -2.02. The molecule has 1 aromatic carbocycles. The smallest absolute Gasteiger partial charge is 0.182 e. The largest absolute Gasteiger partial charge is 0.382 e. The Hall–Kier alpha value is -2.06. The fraction of sp³-hybridized carbons (Fsp3) is 0. The molecular weight excluding hydrogens is 231 g/mol. The molecule has 2 rings (SSSR count). The number of halogens is 2. The Morgan fingerprint density at radius 1 is 1.50 bits per heavy atom. The van der Waals surface area contributed by atoms with Crippen LogP contribution in [-0.2, 0) is 0 Å². The van der Waals surface area contributed by atoms with E-state index in [0.717, 1.165) is 0 Å². The summed E-state index contributed by atoms with van der Waals surface area (Å²) in [6.07, 6.45) is 1.28. The molecule has 16 heavy (non-hydrogen) atoms. The van der Waals surface area contributed by atoms with E-state index in [-0.39, 0.29) is 22.2 Å². The Labute approximate surface area is 95.7 Å². The molecule has 0 aliphatic carbocycles. The molecule has 2 N–H and O–H groups in total. The quantitative estimate of drug-likeness (QED) is 0.825. The highest BCUT2D eigenvalue weighted by atomic mass is 35.5. The van der Waals surface area contributed by atoms with Gasteiger partial charge in [-0.15, -0.1) is 0 Å². The van der Waals surface area contributed by atoms with E-state index in [1.165, 1.54) is 23.0 Å². The number of nitrogens with two attached hydrogens (primary N) is 1. The fourth-order valence-corrected chi connectivity index (χ4v) is 1.48. The maximum Gasteiger partial charge on any atom is 0.182 e. The Morgan fingerprint density at radius 2 is 2.25 bits per heavy atom. The highest BCUT2D eigenvalue weighted by molar-refractivity contribution is 6.30. The maximum absolute atomic E-state index is 13.7. The second kappa shape index (κ2) is 3.83. The summed E-state index contributed by atoms with van der Waals surface area (Å²) >= 11 is 5.64. The number of rotatable bonds is 1. The van der Waals surface area contributed by atoms with Crippen molar-refractivity contribution >= 4 is 17.4 Å². The molecule has 1 heterocycles. The monoisotopic (exact) mass is 236 g/mol. The van der Waals surface area contributed by atoms with Crippen molar-refractivity contribution in [3.05, 3.63) is 41.1 Å². The third kappa shape index (κ3) is 1.49. The van der Waals surface area contributed by atoms with E-state index >= 15 is 0 Å². The lowest BCUT2D eigenvalue weighted by molar-refractivity contribution is 0.619. The van der Waals surface area contributed by atoms with Crippen LogP contribution < -0.4 is 5.73 Å². The number of aromatic nitrogens is 2. The van der Waals surface area contributed by atoms with Crippen LogP contribution in [0.25, 0.3) is 5.69 Å². The average Bonchev–Trinajstić information content (AvgIpc) is 2.64. The molecule has 0 aliphatic heterocycles. The first-order valence-corrected chi connectivity index (χ1v) is 4.70. The predicted molar refractivity (Wildman–Crippen MR) is 57.7 cm³/mol. The molecule has 0 atom stereocenters. The van der Waals surface area contributed by atoms with Crippen molar-refractivity contribution < 1.29 is 4.39 Å². The topological polar surface area (TPSA) is 67.6 Å². The van der Waals surface area contributed by atoms with Crippen molar-refractivity contribution in [3.63, 3.8) is 0 Å². The van der Waals surface area contributed by atoms with Crippen molar-refractivity contribution in [1.82, 2.24) is 9.55 Å². The van der Waals surface area contributed by atoms with E-state index in [9.17, 15) is 4.39 Å². The Morgan fingerprint density at radius 3 is 2.88 bits per heavy atom. The van der Waals surface area contributed by atoms with Gasteiger partial charge in [0.15, 0.2) is 11.5 Å². The highest BCUT2D eigenvalue weighted by Gasteiger charge is 2.13. The van der Waals surface area contributed by atoms with Crippen LogP contribution in [0.2, 0.25) is 5.02 Å². The molecule has 0 fully saturated rings. The van der Waals surface area contributed by atoms with Crippen LogP contribution in [0.5, 0.6) is 0 Å². The van der Waals surface area contributed by atoms with E-state index in [1.807, 2.05) is 6.07 Å².